The summed E-state index contributed by atoms with van der Waals surface area (Å²) in [4.78, 5) is 7.07. The molecule has 2 saturated heterocycles. The number of hydrogen-bond donors (Lipinski definition) is 2. The molecular weight excluding hydrogens is 379 g/mol. The molecule has 4 fully saturated rings. The lowest BCUT2D eigenvalue weighted by atomic mass is 9.54. The van der Waals surface area contributed by atoms with Gasteiger partial charge in [0.15, 0.2) is 5.96 Å². The van der Waals surface area contributed by atoms with Gasteiger partial charge in [-0.1, -0.05) is 18.9 Å². The smallest absolute Gasteiger partial charge is 0.191 e. The summed E-state index contributed by atoms with van der Waals surface area (Å²) < 4.78 is 19.7. The summed E-state index contributed by atoms with van der Waals surface area (Å²) >= 11 is 0. The van der Waals surface area contributed by atoms with Crippen LogP contribution >= 0.6 is 0 Å². The van der Waals surface area contributed by atoms with Crippen molar-refractivity contribution < 1.29 is 9.13 Å². The number of benzene rings is 1. The highest BCUT2D eigenvalue weighted by atomic mass is 19.1. The molecule has 5 rings (SSSR count). The van der Waals surface area contributed by atoms with Crippen LogP contribution in [0.3, 0.4) is 0 Å². The first-order valence-corrected chi connectivity index (χ1v) is 11.9. The quantitative estimate of drug-likeness (QED) is 0.583. The highest BCUT2D eigenvalue weighted by Crippen LogP contribution is 2.60. The molecule has 1 spiro atoms. The molecule has 2 N–H and O–H groups in total. The zero-order valence-corrected chi connectivity index (χ0v) is 18.1. The van der Waals surface area contributed by atoms with E-state index >= 15 is 0 Å². The molecule has 2 aliphatic carbocycles. The minimum atomic E-state index is -0.162. The van der Waals surface area contributed by atoms with Crippen LogP contribution in [-0.4, -0.2) is 50.4 Å². The van der Waals surface area contributed by atoms with Gasteiger partial charge in [0, 0.05) is 55.3 Å². The summed E-state index contributed by atoms with van der Waals surface area (Å²) in [5, 5.41) is 7.57. The summed E-state index contributed by atoms with van der Waals surface area (Å²) in [5.41, 5.74) is 1.32. The third kappa shape index (κ3) is 3.57. The number of piperidine rings is 1. The third-order valence-electron chi connectivity index (χ3n) is 7.90. The van der Waals surface area contributed by atoms with Gasteiger partial charge in [-0.25, -0.2) is 4.39 Å². The van der Waals surface area contributed by atoms with E-state index in [1.165, 1.54) is 38.2 Å². The SMILES string of the molecule is CCN=C(NC1CCN(c2cccc(F)c2)CC1)NC1C2CCOC2C12CCCC2. The lowest BCUT2D eigenvalue weighted by Gasteiger charge is -2.57. The largest absolute Gasteiger partial charge is 0.377 e. The number of nitrogens with one attached hydrogen (secondary N) is 2. The Bertz CT molecular complexity index is 770. The first-order chi connectivity index (χ1) is 14.7. The number of halogens is 1. The number of hydrogen-bond acceptors (Lipinski definition) is 3. The first-order valence-electron chi connectivity index (χ1n) is 11.9. The average molecular weight is 415 g/mol. The van der Waals surface area contributed by atoms with Crippen LogP contribution in [0.25, 0.3) is 0 Å². The molecule has 5 nitrogen and oxygen atoms in total. The van der Waals surface area contributed by atoms with E-state index in [4.69, 9.17) is 9.73 Å². The number of rotatable bonds is 4. The molecule has 30 heavy (non-hydrogen) atoms. The normalized spacial score (nSPS) is 30.9. The average Bonchev–Trinajstić information content (AvgIpc) is 3.42. The Hall–Kier alpha value is -1.82. The molecule has 2 heterocycles. The van der Waals surface area contributed by atoms with Crippen molar-refractivity contribution in [2.24, 2.45) is 16.3 Å². The fraction of sp³-hybridized carbons (Fsp3) is 0.708. The zero-order valence-electron chi connectivity index (χ0n) is 18.1. The lowest BCUT2D eigenvalue weighted by molar-refractivity contribution is -0.125. The fourth-order valence-electron chi connectivity index (χ4n) is 6.49. The Balaban J connectivity index is 1.20. The van der Waals surface area contributed by atoms with Gasteiger partial charge in [-0.3, -0.25) is 4.99 Å². The molecule has 3 unspecified atom stereocenters. The van der Waals surface area contributed by atoms with E-state index in [0.717, 1.165) is 50.7 Å². The van der Waals surface area contributed by atoms with Crippen molar-refractivity contribution >= 4 is 11.6 Å². The van der Waals surface area contributed by atoms with Crippen molar-refractivity contribution in [3.8, 4) is 0 Å². The molecule has 3 atom stereocenters. The van der Waals surface area contributed by atoms with Crippen molar-refractivity contribution in [3.63, 3.8) is 0 Å². The summed E-state index contributed by atoms with van der Waals surface area (Å²) in [6, 6.07) is 7.84. The Morgan fingerprint density at radius 3 is 2.73 bits per heavy atom. The van der Waals surface area contributed by atoms with Gasteiger partial charge >= 0.3 is 0 Å². The highest BCUT2D eigenvalue weighted by molar-refractivity contribution is 5.81. The molecule has 6 heteroatoms. The second kappa shape index (κ2) is 8.37. The molecule has 0 amide bonds. The van der Waals surface area contributed by atoms with Crippen LogP contribution in [0.2, 0.25) is 0 Å². The van der Waals surface area contributed by atoms with Crippen molar-refractivity contribution in [2.45, 2.75) is 70.1 Å². The maximum Gasteiger partial charge on any atom is 0.191 e. The highest BCUT2D eigenvalue weighted by Gasteiger charge is 2.65. The predicted molar refractivity (Wildman–Crippen MR) is 118 cm³/mol. The molecule has 2 aliphatic heterocycles. The van der Waals surface area contributed by atoms with E-state index in [1.54, 1.807) is 12.1 Å². The van der Waals surface area contributed by atoms with E-state index < -0.39 is 0 Å². The summed E-state index contributed by atoms with van der Waals surface area (Å²) in [6.07, 6.45) is 8.95. The van der Waals surface area contributed by atoms with E-state index in [2.05, 4.69) is 22.5 Å². The van der Waals surface area contributed by atoms with Crippen molar-refractivity contribution in [2.75, 3.05) is 31.1 Å². The van der Waals surface area contributed by atoms with Crippen LogP contribution in [-0.2, 0) is 4.74 Å². The van der Waals surface area contributed by atoms with Gasteiger partial charge < -0.3 is 20.3 Å². The Labute approximate surface area is 179 Å². The predicted octanol–water partition coefficient (Wildman–Crippen LogP) is 3.70. The molecule has 4 aliphatic rings. The van der Waals surface area contributed by atoms with Crippen LogP contribution in [0.5, 0.6) is 0 Å². The molecule has 0 aromatic heterocycles. The second-order valence-corrected chi connectivity index (χ2v) is 9.51. The number of ether oxygens (including phenoxy) is 1. The van der Waals surface area contributed by atoms with Gasteiger partial charge in [-0.05, 0) is 57.2 Å². The standard InChI is InChI=1S/C24H35FN4O/c1-2-26-23(28-21-20-10-15-30-22(20)24(21)11-3-4-12-24)27-18-8-13-29(14-9-18)19-7-5-6-17(25)16-19/h5-7,16,18,20-22H,2-4,8-15H2,1H3,(H2,26,27,28). The molecular formula is C24H35FN4O. The summed E-state index contributed by atoms with van der Waals surface area (Å²) in [6.45, 7) is 5.67. The molecule has 164 valence electrons. The topological polar surface area (TPSA) is 48.9 Å². The second-order valence-electron chi connectivity index (χ2n) is 9.51. The Morgan fingerprint density at radius 2 is 2.00 bits per heavy atom. The number of guanidine groups is 1. The van der Waals surface area contributed by atoms with Gasteiger partial charge in [0.25, 0.3) is 0 Å². The van der Waals surface area contributed by atoms with Crippen molar-refractivity contribution in [1.29, 1.82) is 0 Å². The van der Waals surface area contributed by atoms with Crippen LogP contribution in [0, 0.1) is 17.2 Å². The Kier molecular flexibility index (Phi) is 5.61. The first kappa shape index (κ1) is 20.1. The van der Waals surface area contributed by atoms with E-state index in [0.29, 0.717) is 29.5 Å². The molecule has 0 bridgehead atoms. The molecule has 1 aromatic rings. The monoisotopic (exact) mass is 414 g/mol. The van der Waals surface area contributed by atoms with Gasteiger partial charge in [0.1, 0.15) is 5.82 Å². The maximum atomic E-state index is 13.6. The summed E-state index contributed by atoms with van der Waals surface area (Å²) in [7, 11) is 0. The number of nitrogens with zero attached hydrogens (tertiary/aromatic N) is 2. The Morgan fingerprint density at radius 1 is 1.20 bits per heavy atom. The van der Waals surface area contributed by atoms with Gasteiger partial charge in [-0.15, -0.1) is 0 Å². The molecule has 1 aromatic carbocycles. The van der Waals surface area contributed by atoms with E-state index in [-0.39, 0.29) is 5.82 Å². The fourth-order valence-corrected chi connectivity index (χ4v) is 6.49. The van der Waals surface area contributed by atoms with E-state index in [9.17, 15) is 4.39 Å². The minimum Gasteiger partial charge on any atom is -0.377 e. The van der Waals surface area contributed by atoms with Crippen LogP contribution in [0.4, 0.5) is 10.1 Å². The zero-order chi connectivity index (χ0) is 20.6. The lowest BCUT2D eigenvalue weighted by Crippen LogP contribution is -2.69. The minimum absolute atomic E-state index is 0.162. The molecule has 2 saturated carbocycles. The summed E-state index contributed by atoms with van der Waals surface area (Å²) in [5.74, 6) is 1.45. The maximum absolute atomic E-state index is 13.6. The number of anilines is 1. The van der Waals surface area contributed by atoms with Crippen LogP contribution in [0.15, 0.2) is 29.3 Å². The number of aliphatic imine (C=N–C) groups is 1. The van der Waals surface area contributed by atoms with Gasteiger partial charge in [0.05, 0.1) is 6.10 Å². The van der Waals surface area contributed by atoms with Gasteiger partial charge in [0.2, 0.25) is 0 Å². The third-order valence-corrected chi connectivity index (χ3v) is 7.90. The van der Waals surface area contributed by atoms with Gasteiger partial charge in [-0.2, -0.15) is 0 Å². The van der Waals surface area contributed by atoms with Crippen molar-refractivity contribution in [1.82, 2.24) is 10.6 Å². The van der Waals surface area contributed by atoms with Crippen LogP contribution in [0.1, 0.15) is 51.9 Å². The van der Waals surface area contributed by atoms with Crippen molar-refractivity contribution in [3.05, 3.63) is 30.1 Å². The van der Waals surface area contributed by atoms with Crippen LogP contribution < -0.4 is 15.5 Å². The number of fused-ring (bicyclic) bond motifs is 2. The molecule has 0 radical (unpaired) electrons. The van der Waals surface area contributed by atoms with E-state index in [1.807, 2.05) is 6.07 Å².